The van der Waals surface area contributed by atoms with Crippen LogP contribution in [-0.4, -0.2) is 37.2 Å². The van der Waals surface area contributed by atoms with Gasteiger partial charge in [0.05, 0.1) is 6.04 Å². The first kappa shape index (κ1) is 12.9. The van der Waals surface area contributed by atoms with Gasteiger partial charge in [0, 0.05) is 24.7 Å². The average molecular weight is 260 g/mol. The molecule has 1 aromatic rings. The van der Waals surface area contributed by atoms with Gasteiger partial charge >= 0.3 is 0 Å². The molecule has 0 amide bonds. The van der Waals surface area contributed by atoms with E-state index in [4.69, 9.17) is 4.74 Å². The van der Waals surface area contributed by atoms with Crippen LogP contribution in [0.3, 0.4) is 0 Å². The van der Waals surface area contributed by atoms with Crippen molar-refractivity contribution in [1.82, 2.24) is 10.2 Å². The van der Waals surface area contributed by atoms with Crippen molar-refractivity contribution in [2.24, 2.45) is 5.92 Å². The topological polar surface area (TPSA) is 24.5 Å². The fourth-order valence-corrected chi connectivity index (χ4v) is 3.16. The zero-order chi connectivity index (χ0) is 13.2. The Labute approximate surface area is 115 Å². The third-order valence-corrected chi connectivity index (χ3v) is 4.38. The molecule has 3 rings (SSSR count). The van der Waals surface area contributed by atoms with Crippen molar-refractivity contribution in [2.75, 3.05) is 26.2 Å². The van der Waals surface area contributed by atoms with Crippen molar-refractivity contribution in [1.29, 1.82) is 0 Å². The van der Waals surface area contributed by atoms with Gasteiger partial charge in [-0.25, -0.2) is 0 Å². The predicted octanol–water partition coefficient (Wildman–Crippen LogP) is 2.44. The summed E-state index contributed by atoms with van der Waals surface area (Å²) in [5, 5.41) is 3.68. The minimum atomic E-state index is 0.442. The summed E-state index contributed by atoms with van der Waals surface area (Å²) in [6.07, 6.45) is 1.22. The Morgan fingerprint density at radius 2 is 2.16 bits per heavy atom. The number of fused-ring (bicyclic) bond motifs is 1. The molecule has 0 saturated carbocycles. The minimum Gasteiger partial charge on any atom is -0.491 e. The maximum Gasteiger partial charge on any atom is 0.124 e. The van der Waals surface area contributed by atoms with Gasteiger partial charge in [0.25, 0.3) is 0 Å². The van der Waals surface area contributed by atoms with Crippen molar-refractivity contribution < 1.29 is 4.74 Å². The van der Waals surface area contributed by atoms with Crippen LogP contribution in [0.5, 0.6) is 5.75 Å². The van der Waals surface area contributed by atoms with E-state index < -0.39 is 0 Å². The van der Waals surface area contributed by atoms with E-state index in [0.717, 1.165) is 25.4 Å². The zero-order valence-corrected chi connectivity index (χ0v) is 11.9. The summed E-state index contributed by atoms with van der Waals surface area (Å²) in [5.41, 5.74) is 1.37. The first-order valence-electron chi connectivity index (χ1n) is 7.45. The van der Waals surface area contributed by atoms with E-state index in [-0.39, 0.29) is 0 Å². The summed E-state index contributed by atoms with van der Waals surface area (Å²) in [5.74, 6) is 1.75. The number of rotatable bonds is 2. The number of hydrogen-bond acceptors (Lipinski definition) is 3. The van der Waals surface area contributed by atoms with E-state index >= 15 is 0 Å². The van der Waals surface area contributed by atoms with Crippen molar-refractivity contribution in [3.05, 3.63) is 29.8 Å². The van der Waals surface area contributed by atoms with Crippen molar-refractivity contribution in [3.63, 3.8) is 0 Å². The maximum absolute atomic E-state index is 5.84. The second-order valence-electron chi connectivity index (χ2n) is 6.02. The Kier molecular flexibility index (Phi) is 3.76. The fourth-order valence-electron chi connectivity index (χ4n) is 3.16. The van der Waals surface area contributed by atoms with Gasteiger partial charge in [-0.3, -0.25) is 4.90 Å². The highest BCUT2D eigenvalue weighted by Gasteiger charge is 2.32. The monoisotopic (exact) mass is 260 g/mol. The second kappa shape index (κ2) is 5.51. The largest absolute Gasteiger partial charge is 0.491 e. The lowest BCUT2D eigenvalue weighted by molar-refractivity contribution is 0.152. The number of nitrogens with one attached hydrogen (secondary N) is 1. The van der Waals surface area contributed by atoms with Gasteiger partial charge in [0.2, 0.25) is 0 Å². The molecule has 0 spiro atoms. The summed E-state index contributed by atoms with van der Waals surface area (Å²) in [6.45, 7) is 8.85. The summed E-state index contributed by atoms with van der Waals surface area (Å²) in [6, 6.07) is 9.52. The lowest BCUT2D eigenvalue weighted by atomic mass is 10.0. The van der Waals surface area contributed by atoms with E-state index in [1.807, 2.05) is 0 Å². The van der Waals surface area contributed by atoms with Gasteiger partial charge < -0.3 is 10.1 Å². The first-order chi connectivity index (χ1) is 9.25. The van der Waals surface area contributed by atoms with Gasteiger partial charge in [-0.15, -0.1) is 0 Å². The second-order valence-corrected chi connectivity index (χ2v) is 6.02. The van der Waals surface area contributed by atoms with Crippen LogP contribution in [0.1, 0.15) is 31.9 Å². The third kappa shape index (κ3) is 2.63. The van der Waals surface area contributed by atoms with Gasteiger partial charge in [0.15, 0.2) is 0 Å². The van der Waals surface area contributed by atoms with E-state index in [1.54, 1.807) is 0 Å². The minimum absolute atomic E-state index is 0.442. The molecule has 3 heteroatoms. The van der Waals surface area contributed by atoms with Crippen LogP contribution in [0, 0.1) is 5.92 Å². The molecule has 0 aliphatic carbocycles. The third-order valence-electron chi connectivity index (χ3n) is 4.38. The van der Waals surface area contributed by atoms with Crippen LogP contribution in [-0.2, 0) is 0 Å². The van der Waals surface area contributed by atoms with Crippen LogP contribution in [0.15, 0.2) is 24.3 Å². The molecule has 2 aliphatic heterocycles. The van der Waals surface area contributed by atoms with Crippen LogP contribution < -0.4 is 10.1 Å². The SMILES string of the molecule is CC(C)C1CN(C2COc3ccccc32)CCCN1. The molecule has 1 saturated heterocycles. The molecule has 1 aromatic carbocycles. The Morgan fingerprint density at radius 3 is 3.00 bits per heavy atom. The number of ether oxygens (including phenoxy) is 1. The summed E-state index contributed by atoms with van der Waals surface area (Å²) in [4.78, 5) is 2.61. The highest BCUT2D eigenvalue weighted by Crippen LogP contribution is 2.36. The van der Waals surface area contributed by atoms with Crippen LogP contribution >= 0.6 is 0 Å². The molecule has 2 aliphatic rings. The van der Waals surface area contributed by atoms with Crippen molar-refractivity contribution in [2.45, 2.75) is 32.4 Å². The Balaban J connectivity index is 1.78. The molecule has 0 radical (unpaired) electrons. The molecule has 0 aromatic heterocycles. The maximum atomic E-state index is 5.84. The quantitative estimate of drug-likeness (QED) is 0.884. The van der Waals surface area contributed by atoms with E-state index in [2.05, 4.69) is 48.3 Å². The van der Waals surface area contributed by atoms with Crippen LogP contribution in [0.4, 0.5) is 0 Å². The number of para-hydroxylation sites is 1. The zero-order valence-electron chi connectivity index (χ0n) is 11.9. The van der Waals surface area contributed by atoms with Crippen LogP contribution in [0.25, 0.3) is 0 Å². The molecule has 1 N–H and O–H groups in total. The van der Waals surface area contributed by atoms with Crippen LogP contribution in [0.2, 0.25) is 0 Å². The Bertz CT molecular complexity index is 433. The first-order valence-corrected chi connectivity index (χ1v) is 7.45. The molecular formula is C16H24N2O. The summed E-state index contributed by atoms with van der Waals surface area (Å²) in [7, 11) is 0. The molecule has 1 fully saturated rings. The summed E-state index contributed by atoms with van der Waals surface area (Å²) < 4.78 is 5.84. The molecule has 3 nitrogen and oxygen atoms in total. The standard InChI is InChI=1S/C16H24N2O/c1-12(2)14-10-18(9-5-8-17-14)15-11-19-16-7-4-3-6-13(15)16/h3-4,6-7,12,14-15,17H,5,8-11H2,1-2H3. The van der Waals surface area contributed by atoms with Crippen molar-refractivity contribution in [3.8, 4) is 5.75 Å². The van der Waals surface area contributed by atoms with Gasteiger partial charge in [0.1, 0.15) is 12.4 Å². The lowest BCUT2D eigenvalue weighted by Crippen LogP contribution is -2.42. The normalized spacial score (nSPS) is 27.9. The molecule has 104 valence electrons. The molecule has 0 bridgehead atoms. The van der Waals surface area contributed by atoms with Crippen molar-refractivity contribution >= 4 is 0 Å². The predicted molar refractivity (Wildman–Crippen MR) is 77.5 cm³/mol. The summed E-state index contributed by atoms with van der Waals surface area (Å²) >= 11 is 0. The van der Waals surface area contributed by atoms with E-state index in [0.29, 0.717) is 18.0 Å². The Morgan fingerprint density at radius 1 is 1.32 bits per heavy atom. The van der Waals surface area contributed by atoms with Gasteiger partial charge in [-0.1, -0.05) is 32.0 Å². The number of benzene rings is 1. The van der Waals surface area contributed by atoms with E-state index in [1.165, 1.54) is 18.5 Å². The van der Waals surface area contributed by atoms with E-state index in [9.17, 15) is 0 Å². The lowest BCUT2D eigenvalue weighted by Gasteiger charge is -2.30. The molecular weight excluding hydrogens is 236 g/mol. The average Bonchev–Trinajstić information content (AvgIpc) is 2.68. The highest BCUT2D eigenvalue weighted by molar-refractivity contribution is 5.39. The smallest absolute Gasteiger partial charge is 0.124 e. The fraction of sp³-hybridized carbons (Fsp3) is 0.625. The van der Waals surface area contributed by atoms with Gasteiger partial charge in [-0.2, -0.15) is 0 Å². The number of nitrogens with zero attached hydrogens (tertiary/aromatic N) is 1. The molecule has 2 unspecified atom stereocenters. The molecule has 2 atom stereocenters. The number of hydrogen-bond donors (Lipinski definition) is 1. The highest BCUT2D eigenvalue weighted by atomic mass is 16.5. The molecule has 19 heavy (non-hydrogen) atoms. The van der Waals surface area contributed by atoms with Gasteiger partial charge in [-0.05, 0) is 24.9 Å². The molecule has 2 heterocycles. The Hall–Kier alpha value is -1.06.